The Hall–Kier alpha value is -6.09. The number of aromatic nitrogens is 1. The van der Waals surface area contributed by atoms with Crippen molar-refractivity contribution in [2.24, 2.45) is 0 Å². The lowest BCUT2D eigenvalue weighted by Crippen LogP contribution is -2.32. The van der Waals surface area contributed by atoms with Crippen LogP contribution in [0.2, 0.25) is 0 Å². The van der Waals surface area contributed by atoms with E-state index >= 15 is 4.79 Å². The third kappa shape index (κ3) is 5.02. The molecule has 56 heavy (non-hydrogen) atoms. The maximum Gasteiger partial charge on any atom is 0.268 e. The number of hydrogen-bond donors (Lipinski definition) is 0. The molecule has 0 radical (unpaired) electrons. The Morgan fingerprint density at radius 2 is 1.07 bits per heavy atom. The third-order valence-corrected chi connectivity index (χ3v) is 13.4. The number of anilines is 1. The highest BCUT2D eigenvalue weighted by Gasteiger charge is 2.41. The summed E-state index contributed by atoms with van der Waals surface area (Å²) in [7, 11) is 0.330. The highest BCUT2D eigenvalue weighted by Crippen LogP contribution is 2.48. The van der Waals surface area contributed by atoms with Crippen molar-refractivity contribution in [3.05, 3.63) is 172 Å². The fourth-order valence-corrected chi connectivity index (χ4v) is 11.0. The van der Waals surface area contributed by atoms with Gasteiger partial charge in [0.05, 0.1) is 33.5 Å². The average molecular weight is 745 g/mol. The highest BCUT2D eigenvalue weighted by atomic mass is 31.1. The summed E-state index contributed by atoms with van der Waals surface area (Å²) in [4.78, 5) is 31.6. The number of nitrogens with zero attached hydrogens (tertiary/aromatic N) is 2. The van der Waals surface area contributed by atoms with Gasteiger partial charge < -0.3 is 4.57 Å². The van der Waals surface area contributed by atoms with Crippen molar-refractivity contribution in [3.63, 3.8) is 0 Å². The van der Waals surface area contributed by atoms with Crippen LogP contribution >= 0.6 is 8.58 Å². The topological polar surface area (TPSA) is 42.3 Å². The van der Waals surface area contributed by atoms with E-state index < -0.39 is 0 Å². The number of carbonyl (C=O) groups is 2. The van der Waals surface area contributed by atoms with Gasteiger partial charge in [-0.1, -0.05) is 130 Å². The minimum atomic E-state index is -0.293. The number of rotatable bonds is 2. The first kappa shape index (κ1) is 34.4. The minimum Gasteiger partial charge on any atom is -0.307 e. The van der Waals surface area contributed by atoms with Crippen molar-refractivity contribution < 1.29 is 9.59 Å². The Kier molecular flexibility index (Phi) is 7.82. The summed E-state index contributed by atoms with van der Waals surface area (Å²) < 4.78 is 2.31. The average Bonchev–Trinajstić information content (AvgIpc) is 3.66. The Bertz CT molecular complexity index is 2960. The largest absolute Gasteiger partial charge is 0.307 e. The molecule has 0 saturated carbocycles. The summed E-state index contributed by atoms with van der Waals surface area (Å²) in [5, 5.41) is 3.20. The first-order chi connectivity index (χ1) is 27.1. The van der Waals surface area contributed by atoms with Crippen LogP contribution in [0.3, 0.4) is 0 Å². The Morgan fingerprint density at radius 3 is 1.70 bits per heavy atom. The quantitative estimate of drug-likeness (QED) is 0.131. The number of benzene rings is 7. The zero-order valence-corrected chi connectivity index (χ0v) is 33.4. The van der Waals surface area contributed by atoms with E-state index in [1.165, 1.54) is 49.4 Å². The minimum absolute atomic E-state index is 0.157. The van der Waals surface area contributed by atoms with Gasteiger partial charge in [0, 0.05) is 27.6 Å². The van der Waals surface area contributed by atoms with Gasteiger partial charge in [-0.2, -0.15) is 0 Å². The van der Waals surface area contributed by atoms with Gasteiger partial charge >= 0.3 is 0 Å². The number of imide groups is 1. The number of para-hydroxylation sites is 2. The fourth-order valence-electron chi connectivity index (χ4n) is 9.67. The first-order valence-corrected chi connectivity index (χ1v) is 20.4. The van der Waals surface area contributed by atoms with E-state index in [9.17, 15) is 4.79 Å². The van der Waals surface area contributed by atoms with Crippen molar-refractivity contribution >= 4 is 53.2 Å². The van der Waals surface area contributed by atoms with Crippen LogP contribution in [0.1, 0.15) is 66.7 Å². The van der Waals surface area contributed by atoms with E-state index in [0.717, 1.165) is 49.4 Å². The molecule has 8 aromatic rings. The van der Waals surface area contributed by atoms with E-state index in [-0.39, 0.29) is 17.5 Å². The fraction of sp³-hybridized carbons (Fsp3) is 0.137. The van der Waals surface area contributed by atoms with E-state index in [4.69, 9.17) is 0 Å². The molecule has 3 aliphatic heterocycles. The second kappa shape index (κ2) is 12.7. The number of hydrogen-bond acceptors (Lipinski definition) is 2. The van der Waals surface area contributed by atoms with Crippen molar-refractivity contribution in [3.8, 4) is 39.1 Å². The number of carbonyl (C=O) groups excluding carboxylic acids is 2. The second-order valence-corrected chi connectivity index (χ2v) is 17.3. The molecule has 7 aromatic carbocycles. The summed E-state index contributed by atoms with van der Waals surface area (Å²) in [6, 6.07) is 44.6. The molecular weight excluding hydrogens is 704 g/mol. The number of aryl methyl sites for hydroxylation is 5. The van der Waals surface area contributed by atoms with Crippen LogP contribution in [0.25, 0.3) is 60.9 Å². The molecule has 0 N–H and O–H groups in total. The number of fused-ring (bicyclic) bond motifs is 5. The third-order valence-electron chi connectivity index (χ3n) is 11.9. The summed E-state index contributed by atoms with van der Waals surface area (Å²) in [5.41, 5.74) is 18.3. The van der Waals surface area contributed by atoms with E-state index in [1.54, 1.807) is 0 Å². The van der Waals surface area contributed by atoms with Crippen LogP contribution in [0, 0.1) is 34.6 Å². The van der Waals surface area contributed by atoms with Crippen molar-refractivity contribution in [2.75, 3.05) is 4.90 Å². The van der Waals surface area contributed by atoms with Gasteiger partial charge in [-0.25, -0.2) is 4.90 Å². The molecule has 0 aliphatic carbocycles. The molecule has 3 aliphatic rings. The molecular formula is C51H41N2O2P. The van der Waals surface area contributed by atoms with E-state index in [2.05, 4.69) is 131 Å². The molecule has 2 atom stereocenters. The van der Waals surface area contributed by atoms with Gasteiger partial charge in [-0.3, -0.25) is 9.59 Å². The van der Waals surface area contributed by atoms with E-state index in [1.807, 2.05) is 42.5 Å². The Morgan fingerprint density at radius 1 is 0.500 bits per heavy atom. The highest BCUT2D eigenvalue weighted by molar-refractivity contribution is 7.48. The molecule has 2 unspecified atom stereocenters. The lowest BCUT2D eigenvalue weighted by atomic mass is 9.91. The Balaban J connectivity index is 1.37. The monoisotopic (exact) mass is 744 g/mol. The lowest BCUT2D eigenvalue weighted by molar-refractivity contribution is 0.0926. The predicted molar refractivity (Wildman–Crippen MR) is 235 cm³/mol. The van der Waals surface area contributed by atoms with Gasteiger partial charge in [0.2, 0.25) is 0 Å². The van der Waals surface area contributed by atoms with E-state index in [0.29, 0.717) is 31.1 Å². The van der Waals surface area contributed by atoms with Crippen molar-refractivity contribution in [1.29, 1.82) is 0 Å². The molecule has 272 valence electrons. The van der Waals surface area contributed by atoms with Crippen LogP contribution < -0.4 is 10.2 Å². The number of amides is 2. The zero-order valence-electron chi connectivity index (χ0n) is 32.4. The van der Waals surface area contributed by atoms with Crippen LogP contribution in [0.5, 0.6) is 0 Å². The molecule has 0 spiro atoms. The molecule has 0 saturated heterocycles. The molecule has 1 aromatic heterocycles. The van der Waals surface area contributed by atoms with Gasteiger partial charge in [0.1, 0.15) is 0 Å². The smallest absolute Gasteiger partial charge is 0.268 e. The van der Waals surface area contributed by atoms with Crippen LogP contribution in [0.4, 0.5) is 5.69 Å². The molecule has 4 nitrogen and oxygen atoms in total. The first-order valence-electron chi connectivity index (χ1n) is 19.3. The van der Waals surface area contributed by atoms with Crippen LogP contribution in [-0.4, -0.2) is 16.4 Å². The lowest BCUT2D eigenvalue weighted by Gasteiger charge is -2.23. The summed E-state index contributed by atoms with van der Waals surface area (Å²) in [5.74, 6) is -0.580. The zero-order chi connectivity index (χ0) is 38.6. The maximum atomic E-state index is 15.3. The Labute approximate surface area is 329 Å². The van der Waals surface area contributed by atoms with Gasteiger partial charge in [-0.15, -0.1) is 0 Å². The SMILES string of the molecule is Cc1cc(C)c(-c2cccc3c4cccc5c4n(c23)-c2cccc3c2C(=O)N(C3=O)c2cc(-c3ccccc3)ccc2PC(C)c2cc(C)c-5c(C)c2)c(C)c1. The van der Waals surface area contributed by atoms with Gasteiger partial charge in [-0.05, 0) is 108 Å². The molecule has 4 bridgehead atoms. The predicted octanol–water partition coefficient (Wildman–Crippen LogP) is 12.5. The summed E-state index contributed by atoms with van der Waals surface area (Å²) in [6.45, 7) is 13.2. The maximum absolute atomic E-state index is 15.3. The second-order valence-electron chi connectivity index (χ2n) is 15.7. The van der Waals surface area contributed by atoms with Crippen LogP contribution in [-0.2, 0) is 0 Å². The van der Waals surface area contributed by atoms with Crippen molar-refractivity contribution in [1.82, 2.24) is 4.57 Å². The summed E-state index contributed by atoms with van der Waals surface area (Å²) in [6.07, 6.45) is 0. The van der Waals surface area contributed by atoms with Gasteiger partial charge in [0.15, 0.2) is 0 Å². The molecule has 4 heterocycles. The van der Waals surface area contributed by atoms with Gasteiger partial charge in [0.25, 0.3) is 11.8 Å². The standard InChI is InChI=1S/C51H41N2O2P/c1-28-23-29(2)45(30(3)24-28)39-17-10-15-37-38-16-11-18-40-46-31(4)25-36(26-32(46)5)33(6)56-44-22-21-35(34-13-8-7-9-14-34)27-43(44)53-50(54)41-19-12-20-42(47(41)51(53)55)52(48(37)39)49(38)40/h7-27,33,56H,1-6H3. The normalized spacial score (nSPS) is 15.2. The molecule has 11 rings (SSSR count). The molecule has 0 fully saturated rings. The molecule has 5 heteroatoms. The van der Waals surface area contributed by atoms with Crippen molar-refractivity contribution in [2.45, 2.75) is 47.2 Å². The summed E-state index contributed by atoms with van der Waals surface area (Å²) >= 11 is 0. The molecule has 2 amide bonds. The van der Waals surface area contributed by atoms with Crippen LogP contribution in [0.15, 0.2) is 127 Å².